The van der Waals surface area contributed by atoms with Gasteiger partial charge in [0.05, 0.1) is 9.90 Å². The van der Waals surface area contributed by atoms with Crippen LogP contribution in [0.1, 0.15) is 30.1 Å². The van der Waals surface area contributed by atoms with Crippen molar-refractivity contribution in [2.45, 2.75) is 25.8 Å². The molecule has 0 spiro atoms. The van der Waals surface area contributed by atoms with E-state index in [2.05, 4.69) is 10.5 Å². The number of carbonyl (C=O) groups is 1. The van der Waals surface area contributed by atoms with Gasteiger partial charge in [-0.2, -0.15) is 0 Å². The summed E-state index contributed by atoms with van der Waals surface area (Å²) in [5.41, 5.74) is 5.74. The molecular formula is C10H13Cl2N3O2S. The molecule has 0 aliphatic heterocycles. The van der Waals surface area contributed by atoms with Crippen LogP contribution < -0.4 is 11.1 Å². The van der Waals surface area contributed by atoms with Crippen LogP contribution in [0.3, 0.4) is 0 Å². The third-order valence-electron chi connectivity index (χ3n) is 2.31. The second-order valence-electron chi connectivity index (χ2n) is 3.61. The highest BCUT2D eigenvalue weighted by molar-refractivity contribution is 7.20. The fraction of sp³-hybridized carbons (Fsp3) is 0.400. The predicted octanol–water partition coefficient (Wildman–Crippen LogP) is 2.70. The van der Waals surface area contributed by atoms with Crippen LogP contribution in [0.5, 0.6) is 0 Å². The summed E-state index contributed by atoms with van der Waals surface area (Å²) in [7, 11) is 0. The van der Waals surface area contributed by atoms with E-state index in [1.54, 1.807) is 0 Å². The van der Waals surface area contributed by atoms with E-state index < -0.39 is 0 Å². The lowest BCUT2D eigenvalue weighted by Crippen LogP contribution is -2.37. The number of amides is 1. The van der Waals surface area contributed by atoms with E-state index in [0.29, 0.717) is 20.7 Å². The van der Waals surface area contributed by atoms with Crippen molar-refractivity contribution < 1.29 is 10.0 Å². The van der Waals surface area contributed by atoms with E-state index in [-0.39, 0.29) is 24.2 Å². The Hall–Kier alpha value is -0.980. The van der Waals surface area contributed by atoms with Crippen molar-refractivity contribution in [3.8, 4) is 0 Å². The zero-order valence-corrected chi connectivity index (χ0v) is 11.9. The second kappa shape index (κ2) is 6.82. The van der Waals surface area contributed by atoms with E-state index >= 15 is 0 Å². The minimum absolute atomic E-state index is 0.0663. The lowest BCUT2D eigenvalue weighted by atomic mass is 10.1. The quantitative estimate of drug-likeness (QED) is 0.338. The Morgan fingerprint density at radius 2 is 2.33 bits per heavy atom. The third kappa shape index (κ3) is 4.04. The number of nitrogens with one attached hydrogen (secondary N) is 1. The van der Waals surface area contributed by atoms with E-state index in [1.165, 1.54) is 6.07 Å². The number of rotatable bonds is 5. The second-order valence-corrected chi connectivity index (χ2v) is 5.90. The predicted molar refractivity (Wildman–Crippen MR) is 73.9 cm³/mol. The first kappa shape index (κ1) is 15.1. The molecule has 1 atom stereocenters. The number of carbonyl (C=O) groups excluding carboxylic acids is 1. The maximum absolute atomic E-state index is 11.9. The number of hydrogen-bond acceptors (Lipinski definition) is 4. The first-order valence-electron chi connectivity index (χ1n) is 5.20. The number of oxime groups is 1. The molecule has 4 N–H and O–H groups in total. The molecule has 1 rings (SSSR count). The van der Waals surface area contributed by atoms with Crippen molar-refractivity contribution in [1.82, 2.24) is 5.32 Å². The maximum atomic E-state index is 11.9. The van der Waals surface area contributed by atoms with Crippen LogP contribution in [0, 0.1) is 0 Å². The Labute approximate surface area is 119 Å². The van der Waals surface area contributed by atoms with Crippen molar-refractivity contribution in [2.24, 2.45) is 10.9 Å². The van der Waals surface area contributed by atoms with Gasteiger partial charge in [-0.1, -0.05) is 35.3 Å². The molecule has 0 bridgehead atoms. The fourth-order valence-electron chi connectivity index (χ4n) is 1.35. The molecule has 1 aromatic heterocycles. The average molecular weight is 310 g/mol. The van der Waals surface area contributed by atoms with Gasteiger partial charge < -0.3 is 16.3 Å². The summed E-state index contributed by atoms with van der Waals surface area (Å²) in [6.45, 7) is 1.89. The van der Waals surface area contributed by atoms with Crippen LogP contribution >= 0.6 is 34.5 Å². The van der Waals surface area contributed by atoms with Gasteiger partial charge in [-0.3, -0.25) is 4.79 Å². The van der Waals surface area contributed by atoms with Gasteiger partial charge in [0.15, 0.2) is 0 Å². The highest BCUT2D eigenvalue weighted by Crippen LogP contribution is 2.31. The Balaban J connectivity index is 2.71. The van der Waals surface area contributed by atoms with Crippen LogP contribution in [-0.2, 0) is 0 Å². The van der Waals surface area contributed by atoms with Crippen molar-refractivity contribution in [1.29, 1.82) is 0 Å². The van der Waals surface area contributed by atoms with Crippen LogP contribution in [0.15, 0.2) is 11.2 Å². The molecule has 100 valence electrons. The largest absolute Gasteiger partial charge is 0.409 e. The molecule has 1 amide bonds. The van der Waals surface area contributed by atoms with Gasteiger partial charge in [0.1, 0.15) is 10.2 Å². The van der Waals surface area contributed by atoms with E-state index in [0.717, 1.165) is 11.3 Å². The van der Waals surface area contributed by atoms with Gasteiger partial charge in [0, 0.05) is 12.5 Å². The van der Waals surface area contributed by atoms with E-state index in [9.17, 15) is 4.79 Å². The van der Waals surface area contributed by atoms with Gasteiger partial charge in [-0.05, 0) is 12.5 Å². The van der Waals surface area contributed by atoms with Crippen molar-refractivity contribution in [3.63, 3.8) is 0 Å². The molecule has 8 heteroatoms. The zero-order valence-electron chi connectivity index (χ0n) is 9.61. The Morgan fingerprint density at radius 3 is 2.78 bits per heavy atom. The Kier molecular flexibility index (Phi) is 5.71. The monoisotopic (exact) mass is 309 g/mol. The standard InChI is InChI=1S/C10H13Cl2N3O2S/c1-2-5(3-8(13)15-17)14-10(16)6-4-7(11)18-9(6)12/h4-5,17H,2-3H2,1H3,(H2,13,15)(H,14,16). The highest BCUT2D eigenvalue weighted by atomic mass is 35.5. The molecule has 0 radical (unpaired) electrons. The number of thiophene rings is 1. The van der Waals surface area contributed by atoms with Crippen LogP contribution in [0.2, 0.25) is 8.67 Å². The van der Waals surface area contributed by atoms with Gasteiger partial charge in [-0.25, -0.2) is 0 Å². The molecule has 0 aromatic carbocycles. The molecular weight excluding hydrogens is 297 g/mol. The van der Waals surface area contributed by atoms with Crippen LogP contribution in [-0.4, -0.2) is 23.0 Å². The van der Waals surface area contributed by atoms with Crippen LogP contribution in [0.25, 0.3) is 0 Å². The summed E-state index contributed by atoms with van der Waals surface area (Å²) in [6.07, 6.45) is 0.922. The molecule has 0 aliphatic rings. The number of amidine groups is 1. The minimum atomic E-state index is -0.319. The van der Waals surface area contributed by atoms with E-state index in [4.69, 9.17) is 34.1 Å². The molecule has 0 aliphatic carbocycles. The number of hydrogen-bond donors (Lipinski definition) is 3. The summed E-state index contributed by atoms with van der Waals surface area (Å²) in [5.74, 6) is -0.252. The molecule has 1 heterocycles. The molecule has 1 aromatic rings. The van der Waals surface area contributed by atoms with Gasteiger partial charge in [0.2, 0.25) is 0 Å². The normalized spacial score (nSPS) is 13.4. The number of nitrogens with two attached hydrogens (primary N) is 1. The Morgan fingerprint density at radius 1 is 1.67 bits per heavy atom. The molecule has 0 saturated carbocycles. The summed E-state index contributed by atoms with van der Waals surface area (Å²) in [4.78, 5) is 11.9. The van der Waals surface area contributed by atoms with Gasteiger partial charge in [0.25, 0.3) is 5.91 Å². The number of nitrogens with zero attached hydrogens (tertiary/aromatic N) is 1. The average Bonchev–Trinajstić information content (AvgIpc) is 2.67. The van der Waals surface area contributed by atoms with E-state index in [1.807, 2.05) is 6.92 Å². The van der Waals surface area contributed by atoms with Crippen molar-refractivity contribution in [3.05, 3.63) is 20.3 Å². The van der Waals surface area contributed by atoms with Gasteiger partial charge in [-0.15, -0.1) is 11.3 Å². The lowest BCUT2D eigenvalue weighted by Gasteiger charge is -2.15. The molecule has 5 nitrogen and oxygen atoms in total. The highest BCUT2D eigenvalue weighted by Gasteiger charge is 2.18. The summed E-state index contributed by atoms with van der Waals surface area (Å²) < 4.78 is 0.797. The summed E-state index contributed by atoms with van der Waals surface area (Å²) >= 11 is 12.8. The first-order valence-corrected chi connectivity index (χ1v) is 6.77. The summed E-state index contributed by atoms with van der Waals surface area (Å²) in [6, 6.07) is 1.29. The minimum Gasteiger partial charge on any atom is -0.409 e. The smallest absolute Gasteiger partial charge is 0.253 e. The lowest BCUT2D eigenvalue weighted by molar-refractivity contribution is 0.0937. The Bertz CT molecular complexity index is 462. The first-order chi connectivity index (χ1) is 8.47. The number of halogens is 2. The fourth-order valence-corrected chi connectivity index (χ4v) is 2.81. The SMILES string of the molecule is CCC(C/C(N)=N/O)NC(=O)c1cc(Cl)sc1Cl. The zero-order chi connectivity index (χ0) is 13.7. The third-order valence-corrected chi connectivity index (χ3v) is 3.80. The van der Waals surface area contributed by atoms with Crippen molar-refractivity contribution >= 4 is 46.3 Å². The molecule has 0 fully saturated rings. The topological polar surface area (TPSA) is 87.7 Å². The maximum Gasteiger partial charge on any atom is 0.253 e. The molecule has 1 unspecified atom stereocenters. The molecule has 18 heavy (non-hydrogen) atoms. The van der Waals surface area contributed by atoms with Gasteiger partial charge >= 0.3 is 0 Å². The van der Waals surface area contributed by atoms with Crippen molar-refractivity contribution in [2.75, 3.05) is 0 Å². The van der Waals surface area contributed by atoms with Crippen LogP contribution in [0.4, 0.5) is 0 Å². The molecule has 0 saturated heterocycles. The summed E-state index contributed by atoms with van der Waals surface area (Å²) in [5, 5.41) is 14.1.